The van der Waals surface area contributed by atoms with Crippen LogP contribution in [0.25, 0.3) is 0 Å². The van der Waals surface area contributed by atoms with E-state index in [2.05, 4.69) is 58.3 Å². The molecule has 0 bridgehead atoms. The average molecular weight is 311 g/mol. The zero-order valence-corrected chi connectivity index (χ0v) is 16.0. The number of amides is 1. The van der Waals surface area contributed by atoms with Gasteiger partial charge in [0, 0.05) is 32.6 Å². The molecular weight excluding hydrogens is 272 g/mol. The molecule has 3 heteroatoms. The van der Waals surface area contributed by atoms with Crippen molar-refractivity contribution < 1.29 is 4.79 Å². The predicted octanol–water partition coefficient (Wildman–Crippen LogP) is 4.03. The molecule has 0 unspecified atom stereocenters. The largest absolute Gasteiger partial charge is 0.340 e. The van der Waals surface area contributed by atoms with Crippen molar-refractivity contribution in [3.8, 4) is 0 Å². The van der Waals surface area contributed by atoms with Gasteiger partial charge in [0.1, 0.15) is 0 Å². The van der Waals surface area contributed by atoms with Gasteiger partial charge < -0.3 is 4.90 Å². The SMILES string of the molecule is CC(C)CC(=O)N1CCN(CCCC(C)(C)C(C)(C)C)CC1. The first-order chi connectivity index (χ1) is 10.0. The third-order valence-electron chi connectivity index (χ3n) is 5.61. The lowest BCUT2D eigenvalue weighted by atomic mass is 9.67. The lowest BCUT2D eigenvalue weighted by molar-refractivity contribution is -0.133. The molecule has 1 aliphatic heterocycles. The van der Waals surface area contributed by atoms with Gasteiger partial charge in [-0.3, -0.25) is 9.69 Å². The minimum Gasteiger partial charge on any atom is -0.340 e. The molecule has 0 aromatic heterocycles. The minimum absolute atomic E-state index is 0.337. The second-order valence-electron chi connectivity index (χ2n) is 9.06. The Hall–Kier alpha value is -0.570. The van der Waals surface area contributed by atoms with E-state index < -0.39 is 0 Å². The summed E-state index contributed by atoms with van der Waals surface area (Å²) < 4.78 is 0. The van der Waals surface area contributed by atoms with E-state index in [0.717, 1.165) is 26.2 Å². The Morgan fingerprint density at radius 1 is 1.00 bits per heavy atom. The highest BCUT2D eigenvalue weighted by Crippen LogP contribution is 2.41. The highest BCUT2D eigenvalue weighted by molar-refractivity contribution is 5.76. The van der Waals surface area contributed by atoms with Crippen LogP contribution < -0.4 is 0 Å². The zero-order chi connectivity index (χ0) is 17.0. The van der Waals surface area contributed by atoms with Gasteiger partial charge in [0.05, 0.1) is 0 Å². The number of hydrogen-bond acceptors (Lipinski definition) is 2. The highest BCUT2D eigenvalue weighted by Gasteiger charge is 2.32. The van der Waals surface area contributed by atoms with Crippen LogP contribution in [0.4, 0.5) is 0 Å². The number of hydrogen-bond donors (Lipinski definition) is 0. The molecule has 0 N–H and O–H groups in total. The first-order valence-electron chi connectivity index (χ1n) is 9.03. The quantitative estimate of drug-likeness (QED) is 0.739. The standard InChI is InChI=1S/C19H38N2O/c1-16(2)15-17(22)21-13-11-20(12-14-21)10-8-9-19(6,7)18(3,4)5/h16H,8-15H2,1-7H3. The van der Waals surface area contributed by atoms with E-state index in [4.69, 9.17) is 0 Å². The smallest absolute Gasteiger partial charge is 0.222 e. The Balaban J connectivity index is 2.28. The molecule has 130 valence electrons. The molecule has 0 radical (unpaired) electrons. The normalized spacial score (nSPS) is 18.1. The van der Waals surface area contributed by atoms with Gasteiger partial charge in [-0.05, 0) is 36.1 Å². The van der Waals surface area contributed by atoms with Gasteiger partial charge in [0.25, 0.3) is 0 Å². The molecule has 3 nitrogen and oxygen atoms in total. The molecule has 0 spiro atoms. The van der Waals surface area contributed by atoms with Crippen LogP contribution >= 0.6 is 0 Å². The number of nitrogens with zero attached hydrogens (tertiary/aromatic N) is 2. The van der Waals surface area contributed by atoms with Crippen LogP contribution in [-0.4, -0.2) is 48.4 Å². The van der Waals surface area contributed by atoms with E-state index in [9.17, 15) is 4.79 Å². The van der Waals surface area contributed by atoms with Gasteiger partial charge in [-0.25, -0.2) is 0 Å². The van der Waals surface area contributed by atoms with Crippen LogP contribution in [0.15, 0.2) is 0 Å². The summed E-state index contributed by atoms with van der Waals surface area (Å²) in [4.78, 5) is 16.7. The van der Waals surface area contributed by atoms with Gasteiger partial charge in [-0.15, -0.1) is 0 Å². The van der Waals surface area contributed by atoms with Crippen LogP contribution in [0.1, 0.15) is 67.7 Å². The molecular formula is C19H38N2O. The Bertz CT molecular complexity index is 347. The maximum Gasteiger partial charge on any atom is 0.222 e. The summed E-state index contributed by atoms with van der Waals surface area (Å²) in [5.41, 5.74) is 0.733. The fraction of sp³-hybridized carbons (Fsp3) is 0.947. The van der Waals surface area contributed by atoms with Crippen molar-refractivity contribution in [1.29, 1.82) is 0 Å². The molecule has 0 atom stereocenters. The van der Waals surface area contributed by atoms with E-state index in [0.29, 0.717) is 29.1 Å². The second-order valence-corrected chi connectivity index (χ2v) is 9.06. The molecule has 0 saturated carbocycles. The van der Waals surface area contributed by atoms with Crippen LogP contribution in [0.2, 0.25) is 0 Å². The van der Waals surface area contributed by atoms with Crippen molar-refractivity contribution >= 4 is 5.91 Å². The Kier molecular flexibility index (Phi) is 6.91. The summed E-state index contributed by atoms with van der Waals surface area (Å²) >= 11 is 0. The first kappa shape index (κ1) is 19.5. The molecule has 1 aliphatic rings. The first-order valence-corrected chi connectivity index (χ1v) is 9.03. The van der Waals surface area contributed by atoms with Crippen molar-refractivity contribution in [3.05, 3.63) is 0 Å². The molecule has 1 amide bonds. The summed E-state index contributed by atoms with van der Waals surface area (Å²) in [5.74, 6) is 0.800. The van der Waals surface area contributed by atoms with Crippen molar-refractivity contribution in [2.24, 2.45) is 16.7 Å². The summed E-state index contributed by atoms with van der Waals surface area (Å²) in [5, 5.41) is 0. The van der Waals surface area contributed by atoms with Gasteiger partial charge >= 0.3 is 0 Å². The number of piperazine rings is 1. The van der Waals surface area contributed by atoms with Crippen molar-refractivity contribution in [2.45, 2.75) is 67.7 Å². The number of rotatable bonds is 6. The third kappa shape index (κ3) is 5.91. The Morgan fingerprint density at radius 3 is 2.00 bits per heavy atom. The maximum absolute atomic E-state index is 12.1. The van der Waals surface area contributed by atoms with Crippen LogP contribution in [-0.2, 0) is 4.79 Å². The van der Waals surface area contributed by atoms with Crippen LogP contribution in [0, 0.1) is 16.7 Å². The van der Waals surface area contributed by atoms with Gasteiger partial charge in [0.15, 0.2) is 0 Å². The van der Waals surface area contributed by atoms with E-state index in [1.807, 2.05) is 0 Å². The lowest BCUT2D eigenvalue weighted by Crippen LogP contribution is -2.49. The molecule has 0 aromatic carbocycles. The van der Waals surface area contributed by atoms with Gasteiger partial charge in [-0.1, -0.05) is 48.5 Å². The number of carbonyl (C=O) groups is 1. The fourth-order valence-corrected chi connectivity index (χ4v) is 2.82. The van der Waals surface area contributed by atoms with Crippen molar-refractivity contribution in [2.75, 3.05) is 32.7 Å². The monoisotopic (exact) mass is 310 g/mol. The van der Waals surface area contributed by atoms with E-state index in [1.54, 1.807) is 0 Å². The van der Waals surface area contributed by atoms with E-state index in [1.165, 1.54) is 19.4 Å². The Labute approximate surface area is 138 Å². The molecule has 22 heavy (non-hydrogen) atoms. The lowest BCUT2D eigenvalue weighted by Gasteiger charge is -2.40. The highest BCUT2D eigenvalue weighted by atomic mass is 16.2. The predicted molar refractivity (Wildman–Crippen MR) is 94.9 cm³/mol. The summed E-state index contributed by atoms with van der Waals surface area (Å²) in [6.07, 6.45) is 3.22. The molecule has 0 aromatic rings. The summed E-state index contributed by atoms with van der Waals surface area (Å²) in [7, 11) is 0. The minimum atomic E-state index is 0.337. The topological polar surface area (TPSA) is 23.6 Å². The fourth-order valence-electron chi connectivity index (χ4n) is 2.82. The average Bonchev–Trinajstić information content (AvgIpc) is 2.37. The molecule has 0 aliphatic carbocycles. The summed E-state index contributed by atoms with van der Waals surface area (Å²) in [6.45, 7) is 21.1. The molecule has 1 fully saturated rings. The van der Waals surface area contributed by atoms with Crippen LogP contribution in [0.5, 0.6) is 0 Å². The van der Waals surface area contributed by atoms with Gasteiger partial charge in [-0.2, -0.15) is 0 Å². The molecule has 1 saturated heterocycles. The number of carbonyl (C=O) groups excluding carboxylic acids is 1. The molecule has 1 rings (SSSR count). The maximum atomic E-state index is 12.1. The molecule has 1 heterocycles. The van der Waals surface area contributed by atoms with E-state index >= 15 is 0 Å². The third-order valence-corrected chi connectivity index (χ3v) is 5.61. The summed E-state index contributed by atoms with van der Waals surface area (Å²) in [6, 6.07) is 0. The zero-order valence-electron chi connectivity index (χ0n) is 16.0. The van der Waals surface area contributed by atoms with Gasteiger partial charge in [0.2, 0.25) is 5.91 Å². The van der Waals surface area contributed by atoms with E-state index in [-0.39, 0.29) is 0 Å². The second kappa shape index (κ2) is 7.81. The Morgan fingerprint density at radius 2 is 1.55 bits per heavy atom. The van der Waals surface area contributed by atoms with Crippen molar-refractivity contribution in [1.82, 2.24) is 9.80 Å². The van der Waals surface area contributed by atoms with Crippen LogP contribution in [0.3, 0.4) is 0 Å². The van der Waals surface area contributed by atoms with Crippen molar-refractivity contribution in [3.63, 3.8) is 0 Å².